The highest BCUT2D eigenvalue weighted by Crippen LogP contribution is 2.29. The number of nitrogens with zero attached hydrogens (tertiary/aromatic N) is 2. The summed E-state index contributed by atoms with van der Waals surface area (Å²) in [6, 6.07) is 2.40. The zero-order chi connectivity index (χ0) is 16.1. The summed E-state index contributed by atoms with van der Waals surface area (Å²) >= 11 is 0. The molecule has 0 saturated carbocycles. The summed E-state index contributed by atoms with van der Waals surface area (Å²) in [5.41, 5.74) is 3.25. The molecule has 0 spiro atoms. The van der Waals surface area contributed by atoms with E-state index in [4.69, 9.17) is 5.41 Å². The number of H-pyrrole nitrogens is 1. The number of aliphatic imine (C=N–C) groups is 1. The number of aromatic nitrogens is 2. The number of fused-ring (bicyclic) bond motifs is 1. The molecule has 3 unspecified atom stereocenters. The number of aromatic amines is 1. The Morgan fingerprint density at radius 2 is 2.17 bits per heavy atom. The smallest absolute Gasteiger partial charge is 0.0935 e. The highest BCUT2D eigenvalue weighted by molar-refractivity contribution is 6.10. The first kappa shape index (κ1) is 15.7. The van der Waals surface area contributed by atoms with Crippen molar-refractivity contribution < 1.29 is 0 Å². The Balaban J connectivity index is 1.77. The van der Waals surface area contributed by atoms with Crippen LogP contribution in [0.5, 0.6) is 0 Å². The molecule has 0 bridgehead atoms. The molecule has 0 saturated heterocycles. The molecule has 1 aliphatic carbocycles. The third-order valence-electron chi connectivity index (χ3n) is 4.53. The van der Waals surface area contributed by atoms with Crippen molar-refractivity contribution in [3.63, 3.8) is 0 Å². The molecule has 4 heteroatoms. The van der Waals surface area contributed by atoms with E-state index in [-0.39, 0.29) is 6.04 Å². The van der Waals surface area contributed by atoms with Crippen LogP contribution in [0.4, 0.5) is 0 Å². The molecule has 1 aromatic rings. The Hall–Kier alpha value is -2.23. The van der Waals surface area contributed by atoms with Crippen LogP contribution in [0.1, 0.15) is 49.9 Å². The molecule has 0 amide bonds. The molecule has 1 aliphatic heterocycles. The van der Waals surface area contributed by atoms with E-state index in [1.54, 1.807) is 0 Å². The van der Waals surface area contributed by atoms with Crippen LogP contribution < -0.4 is 0 Å². The molecule has 2 aliphatic rings. The first-order valence-corrected chi connectivity index (χ1v) is 8.46. The third-order valence-corrected chi connectivity index (χ3v) is 4.53. The van der Waals surface area contributed by atoms with Crippen molar-refractivity contribution >= 4 is 18.0 Å². The number of nitrogens with one attached hydrogen (secondary N) is 2. The topological polar surface area (TPSA) is 64.9 Å². The van der Waals surface area contributed by atoms with E-state index >= 15 is 0 Å². The number of dihydropyridines is 1. The van der Waals surface area contributed by atoms with Crippen LogP contribution in [0.3, 0.4) is 0 Å². The third kappa shape index (κ3) is 3.58. The van der Waals surface area contributed by atoms with E-state index in [0.29, 0.717) is 11.8 Å². The summed E-state index contributed by atoms with van der Waals surface area (Å²) in [5.74, 6) is 0.791. The van der Waals surface area contributed by atoms with Gasteiger partial charge in [0.25, 0.3) is 0 Å². The predicted octanol–water partition coefficient (Wildman–Crippen LogP) is 4.30. The minimum atomic E-state index is 0.239. The maximum atomic E-state index is 7.25. The fraction of sp³-hybridized carbons (Fsp3) is 0.421. The van der Waals surface area contributed by atoms with Gasteiger partial charge in [0.1, 0.15) is 0 Å². The molecule has 2 heterocycles. The summed E-state index contributed by atoms with van der Waals surface area (Å²) in [4.78, 5) is 4.63. The van der Waals surface area contributed by atoms with E-state index in [0.717, 1.165) is 37.0 Å². The van der Waals surface area contributed by atoms with E-state index in [1.165, 1.54) is 11.9 Å². The lowest BCUT2D eigenvalue weighted by molar-refractivity contribution is 0.567. The van der Waals surface area contributed by atoms with Gasteiger partial charge in [-0.15, -0.1) is 0 Å². The van der Waals surface area contributed by atoms with Crippen LogP contribution in [-0.2, 0) is 0 Å². The van der Waals surface area contributed by atoms with Crippen LogP contribution in [0.25, 0.3) is 5.57 Å². The van der Waals surface area contributed by atoms with Gasteiger partial charge in [-0.25, -0.2) is 0 Å². The minimum absolute atomic E-state index is 0.239. The van der Waals surface area contributed by atoms with Gasteiger partial charge in [-0.05, 0) is 31.5 Å². The zero-order valence-electron chi connectivity index (χ0n) is 13.6. The molecule has 3 rings (SSSR count). The molecule has 2 N–H and O–H groups in total. The fourth-order valence-electron chi connectivity index (χ4n) is 3.27. The maximum absolute atomic E-state index is 7.25. The molecule has 0 radical (unpaired) electrons. The van der Waals surface area contributed by atoms with Gasteiger partial charge in [0.05, 0.1) is 11.7 Å². The second kappa shape index (κ2) is 7.36. The van der Waals surface area contributed by atoms with Crippen LogP contribution in [0, 0.1) is 11.3 Å². The molecule has 23 heavy (non-hydrogen) atoms. The first-order chi connectivity index (χ1) is 11.3. The molecule has 0 aromatic carbocycles. The van der Waals surface area contributed by atoms with Gasteiger partial charge in [-0.3, -0.25) is 10.1 Å². The minimum Gasteiger partial charge on any atom is -0.313 e. The molecular weight excluding hydrogens is 284 g/mol. The lowest BCUT2D eigenvalue weighted by Gasteiger charge is -2.21. The Morgan fingerprint density at radius 1 is 1.30 bits per heavy atom. The molecule has 4 nitrogen and oxygen atoms in total. The van der Waals surface area contributed by atoms with E-state index < -0.39 is 0 Å². The van der Waals surface area contributed by atoms with Crippen molar-refractivity contribution in [1.82, 2.24) is 10.2 Å². The Kier molecular flexibility index (Phi) is 5.01. The monoisotopic (exact) mass is 308 g/mol. The van der Waals surface area contributed by atoms with Crippen LogP contribution in [0.2, 0.25) is 0 Å². The molecule has 3 atom stereocenters. The van der Waals surface area contributed by atoms with Crippen LogP contribution >= 0.6 is 0 Å². The van der Waals surface area contributed by atoms with Gasteiger partial charge in [-0.1, -0.05) is 43.7 Å². The quantitative estimate of drug-likeness (QED) is 0.725. The van der Waals surface area contributed by atoms with Crippen molar-refractivity contribution in [2.75, 3.05) is 0 Å². The fourth-order valence-corrected chi connectivity index (χ4v) is 3.27. The number of hydrogen-bond acceptors (Lipinski definition) is 3. The van der Waals surface area contributed by atoms with E-state index in [1.807, 2.05) is 6.21 Å². The summed E-state index contributed by atoms with van der Waals surface area (Å²) in [7, 11) is 0. The van der Waals surface area contributed by atoms with Crippen molar-refractivity contribution in [2.24, 2.45) is 10.9 Å². The highest BCUT2D eigenvalue weighted by Gasteiger charge is 2.21. The largest absolute Gasteiger partial charge is 0.313 e. The molecule has 1 aromatic heterocycles. The number of rotatable bonds is 7. The lowest BCUT2D eigenvalue weighted by atomic mass is 9.90. The predicted molar refractivity (Wildman–Crippen MR) is 96.3 cm³/mol. The maximum Gasteiger partial charge on any atom is 0.0935 e. The molecule has 0 fully saturated rings. The normalized spacial score (nSPS) is 23.4. The van der Waals surface area contributed by atoms with E-state index in [2.05, 4.69) is 58.6 Å². The second-order valence-corrected chi connectivity index (χ2v) is 6.21. The van der Waals surface area contributed by atoms with Crippen LogP contribution in [0.15, 0.2) is 41.4 Å². The zero-order valence-corrected chi connectivity index (χ0v) is 13.6. The van der Waals surface area contributed by atoms with Gasteiger partial charge < -0.3 is 5.41 Å². The summed E-state index contributed by atoms with van der Waals surface area (Å²) in [5, 5.41) is 15.0. The van der Waals surface area contributed by atoms with E-state index in [9.17, 15) is 0 Å². The second-order valence-electron chi connectivity index (χ2n) is 6.21. The highest BCUT2D eigenvalue weighted by atomic mass is 15.1. The van der Waals surface area contributed by atoms with Crippen molar-refractivity contribution in [3.05, 3.63) is 47.8 Å². The van der Waals surface area contributed by atoms with Crippen LogP contribution in [-0.4, -0.2) is 28.7 Å². The summed E-state index contributed by atoms with van der Waals surface area (Å²) in [6.07, 6.45) is 18.3. The average Bonchev–Trinajstić information content (AvgIpc) is 3.08. The van der Waals surface area contributed by atoms with Gasteiger partial charge in [0, 0.05) is 29.3 Å². The van der Waals surface area contributed by atoms with Gasteiger partial charge in [0.15, 0.2) is 0 Å². The van der Waals surface area contributed by atoms with Gasteiger partial charge in [0.2, 0.25) is 0 Å². The van der Waals surface area contributed by atoms with Crippen molar-refractivity contribution in [1.29, 1.82) is 5.41 Å². The average molecular weight is 308 g/mol. The SMILES string of the molecule is CCCC(CCC=N)c1cc(C2=CC3C=CC=CC3N=C2)n[nH]1. The number of hydrogen-bond donors (Lipinski definition) is 2. The summed E-state index contributed by atoms with van der Waals surface area (Å²) < 4.78 is 0. The van der Waals surface area contributed by atoms with Gasteiger partial charge >= 0.3 is 0 Å². The Bertz CT molecular complexity index is 663. The lowest BCUT2D eigenvalue weighted by Crippen LogP contribution is -2.18. The Morgan fingerprint density at radius 3 is 3.00 bits per heavy atom. The molecular formula is C19H24N4. The van der Waals surface area contributed by atoms with Crippen molar-refractivity contribution in [3.8, 4) is 0 Å². The molecule has 120 valence electrons. The van der Waals surface area contributed by atoms with Gasteiger partial charge in [-0.2, -0.15) is 5.10 Å². The standard InChI is InChI=1S/C19H24N4/c1-2-6-14(8-5-10-20)18-12-19(23-22-18)16-11-15-7-3-4-9-17(15)21-13-16/h3-4,7,9-15,17,20H,2,5-6,8H2,1H3,(H,22,23). The summed E-state index contributed by atoms with van der Waals surface area (Å²) in [6.45, 7) is 2.20. The number of allylic oxidation sites excluding steroid dienone is 3. The first-order valence-electron chi connectivity index (χ1n) is 8.46. The van der Waals surface area contributed by atoms with Crippen molar-refractivity contribution in [2.45, 2.75) is 44.6 Å². The Labute approximate surface area is 137 Å².